The number of anilines is 1. The van der Waals surface area contributed by atoms with E-state index in [4.69, 9.17) is 16.2 Å². The summed E-state index contributed by atoms with van der Waals surface area (Å²) < 4.78 is 5.31. The molecule has 5 N–H and O–H groups in total. The van der Waals surface area contributed by atoms with Gasteiger partial charge in [0, 0.05) is 11.6 Å². The van der Waals surface area contributed by atoms with Crippen molar-refractivity contribution >= 4 is 11.6 Å². The van der Waals surface area contributed by atoms with E-state index in [-0.39, 0.29) is 24.1 Å². The summed E-state index contributed by atoms with van der Waals surface area (Å²) in [5, 5.41) is 2.78. The predicted molar refractivity (Wildman–Crippen MR) is 75.0 cm³/mol. The maximum atomic E-state index is 11.3. The number of amides is 1. The normalized spacial score (nSPS) is 16.3. The number of fused-ring (bicyclic) bond motifs is 1. The van der Waals surface area contributed by atoms with Crippen LogP contribution in [0.1, 0.15) is 38.3 Å². The molecule has 1 aliphatic heterocycles. The molecule has 0 saturated heterocycles. The van der Waals surface area contributed by atoms with Crippen molar-refractivity contribution in [1.82, 2.24) is 0 Å². The highest BCUT2D eigenvalue weighted by atomic mass is 16.5. The van der Waals surface area contributed by atoms with Crippen LogP contribution in [0.15, 0.2) is 18.2 Å². The molecule has 5 heteroatoms. The third-order valence-electron chi connectivity index (χ3n) is 3.16. The van der Waals surface area contributed by atoms with Gasteiger partial charge in [-0.3, -0.25) is 4.79 Å². The fourth-order valence-corrected chi connectivity index (χ4v) is 2.03. The van der Waals surface area contributed by atoms with E-state index >= 15 is 0 Å². The quantitative estimate of drug-likeness (QED) is 0.768. The zero-order valence-corrected chi connectivity index (χ0v) is 11.4. The molecule has 1 aromatic carbocycles. The van der Waals surface area contributed by atoms with Crippen LogP contribution in [0.2, 0.25) is 0 Å². The summed E-state index contributed by atoms with van der Waals surface area (Å²) in [5.74, 6) is 0.552. The Balaban J connectivity index is 2.08. The molecule has 0 saturated carbocycles. The Labute approximate surface area is 113 Å². The van der Waals surface area contributed by atoms with Gasteiger partial charge in [-0.2, -0.15) is 0 Å². The van der Waals surface area contributed by atoms with Crippen molar-refractivity contribution in [3.63, 3.8) is 0 Å². The van der Waals surface area contributed by atoms with Gasteiger partial charge in [0.25, 0.3) is 5.91 Å². The van der Waals surface area contributed by atoms with Crippen LogP contribution < -0.4 is 21.5 Å². The highest BCUT2D eigenvalue weighted by molar-refractivity contribution is 5.95. The third kappa shape index (κ3) is 3.68. The van der Waals surface area contributed by atoms with Crippen LogP contribution in [0.4, 0.5) is 5.69 Å². The Morgan fingerprint density at radius 3 is 2.89 bits per heavy atom. The Morgan fingerprint density at radius 2 is 2.21 bits per heavy atom. The molecule has 104 valence electrons. The summed E-state index contributed by atoms with van der Waals surface area (Å²) in [4.78, 5) is 11.3. The lowest BCUT2D eigenvalue weighted by molar-refractivity contribution is -0.118. The van der Waals surface area contributed by atoms with Gasteiger partial charge in [0.2, 0.25) is 0 Å². The molecule has 1 amide bonds. The van der Waals surface area contributed by atoms with E-state index in [9.17, 15) is 4.79 Å². The van der Waals surface area contributed by atoms with Crippen LogP contribution in [0.5, 0.6) is 5.75 Å². The van der Waals surface area contributed by atoms with Crippen molar-refractivity contribution < 1.29 is 9.53 Å². The minimum Gasteiger partial charge on any atom is -0.482 e. The topological polar surface area (TPSA) is 90.4 Å². The standard InChI is InChI=1S/C14H21N3O2/c1-14(2,16)6-5-10(15)9-3-4-12-11(7-9)17-13(18)8-19-12/h3-4,7,10H,5-6,8,15-16H2,1-2H3,(H,17,18). The highest BCUT2D eigenvalue weighted by Gasteiger charge is 2.19. The average molecular weight is 263 g/mol. The van der Waals surface area contributed by atoms with Gasteiger partial charge in [-0.1, -0.05) is 6.07 Å². The number of rotatable bonds is 4. The van der Waals surface area contributed by atoms with Crippen molar-refractivity contribution in [2.24, 2.45) is 11.5 Å². The van der Waals surface area contributed by atoms with Gasteiger partial charge in [-0.05, 0) is 44.4 Å². The van der Waals surface area contributed by atoms with Crippen LogP contribution in [0.25, 0.3) is 0 Å². The summed E-state index contributed by atoms with van der Waals surface area (Å²) in [6.07, 6.45) is 1.64. The lowest BCUT2D eigenvalue weighted by Crippen LogP contribution is -2.32. The summed E-state index contributed by atoms with van der Waals surface area (Å²) in [6.45, 7) is 4.04. The molecule has 0 bridgehead atoms. The minimum absolute atomic E-state index is 0.0692. The highest BCUT2D eigenvalue weighted by Crippen LogP contribution is 2.31. The molecular formula is C14H21N3O2. The smallest absolute Gasteiger partial charge is 0.262 e. The molecular weight excluding hydrogens is 242 g/mol. The van der Waals surface area contributed by atoms with Gasteiger partial charge in [0.1, 0.15) is 5.75 Å². The molecule has 5 nitrogen and oxygen atoms in total. The van der Waals surface area contributed by atoms with E-state index in [1.54, 1.807) is 0 Å². The van der Waals surface area contributed by atoms with Gasteiger partial charge in [0.05, 0.1) is 5.69 Å². The number of ether oxygens (including phenoxy) is 1. The largest absolute Gasteiger partial charge is 0.482 e. The number of carbonyl (C=O) groups excluding carboxylic acids is 1. The zero-order valence-electron chi connectivity index (χ0n) is 11.4. The number of nitrogens with one attached hydrogen (secondary N) is 1. The van der Waals surface area contributed by atoms with Gasteiger partial charge in [-0.25, -0.2) is 0 Å². The van der Waals surface area contributed by atoms with E-state index in [1.807, 2.05) is 32.0 Å². The molecule has 19 heavy (non-hydrogen) atoms. The first kappa shape index (κ1) is 13.8. The number of carbonyl (C=O) groups is 1. The molecule has 1 atom stereocenters. The fraction of sp³-hybridized carbons (Fsp3) is 0.500. The molecule has 0 aliphatic carbocycles. The molecule has 0 radical (unpaired) electrons. The molecule has 1 unspecified atom stereocenters. The third-order valence-corrected chi connectivity index (χ3v) is 3.16. The predicted octanol–water partition coefficient (Wildman–Crippen LogP) is 1.53. The Kier molecular flexibility index (Phi) is 3.78. The van der Waals surface area contributed by atoms with E-state index in [2.05, 4.69) is 5.32 Å². The van der Waals surface area contributed by atoms with Crippen LogP contribution >= 0.6 is 0 Å². The summed E-state index contributed by atoms with van der Waals surface area (Å²) >= 11 is 0. The second-order valence-corrected chi connectivity index (χ2v) is 5.73. The maximum Gasteiger partial charge on any atom is 0.262 e. The van der Waals surface area contributed by atoms with E-state index < -0.39 is 0 Å². The van der Waals surface area contributed by atoms with E-state index in [0.29, 0.717) is 11.4 Å². The Hall–Kier alpha value is -1.59. The van der Waals surface area contributed by atoms with Crippen molar-refractivity contribution in [1.29, 1.82) is 0 Å². The molecule has 0 spiro atoms. The molecule has 1 aliphatic rings. The first-order valence-corrected chi connectivity index (χ1v) is 6.46. The molecule has 1 aromatic rings. The average Bonchev–Trinajstić information content (AvgIpc) is 2.34. The Bertz CT molecular complexity index is 480. The lowest BCUT2D eigenvalue weighted by Gasteiger charge is -2.23. The van der Waals surface area contributed by atoms with Crippen molar-refractivity contribution in [2.45, 2.75) is 38.3 Å². The van der Waals surface area contributed by atoms with E-state index in [0.717, 1.165) is 18.4 Å². The first-order valence-electron chi connectivity index (χ1n) is 6.46. The second-order valence-electron chi connectivity index (χ2n) is 5.73. The number of hydrogen-bond donors (Lipinski definition) is 3. The zero-order chi connectivity index (χ0) is 14.0. The molecule has 0 aromatic heterocycles. The fourth-order valence-electron chi connectivity index (χ4n) is 2.03. The van der Waals surface area contributed by atoms with Crippen molar-refractivity contribution in [3.05, 3.63) is 23.8 Å². The number of benzene rings is 1. The summed E-state index contributed by atoms with van der Waals surface area (Å²) in [6, 6.07) is 5.56. The Morgan fingerprint density at radius 1 is 1.47 bits per heavy atom. The minimum atomic E-state index is -0.219. The van der Waals surface area contributed by atoms with E-state index in [1.165, 1.54) is 0 Å². The van der Waals surface area contributed by atoms with Crippen LogP contribution in [0, 0.1) is 0 Å². The van der Waals surface area contributed by atoms with Gasteiger partial charge in [-0.15, -0.1) is 0 Å². The summed E-state index contributed by atoms with van der Waals surface area (Å²) in [7, 11) is 0. The van der Waals surface area contributed by atoms with Gasteiger partial charge < -0.3 is 21.5 Å². The van der Waals surface area contributed by atoms with Crippen LogP contribution in [0.3, 0.4) is 0 Å². The molecule has 2 rings (SSSR count). The SMILES string of the molecule is CC(C)(N)CCC(N)c1ccc2c(c1)NC(=O)CO2. The van der Waals surface area contributed by atoms with Crippen molar-refractivity contribution in [3.8, 4) is 5.75 Å². The van der Waals surface area contributed by atoms with Gasteiger partial charge in [0.15, 0.2) is 6.61 Å². The number of hydrogen-bond acceptors (Lipinski definition) is 4. The molecule has 1 heterocycles. The second kappa shape index (κ2) is 5.19. The van der Waals surface area contributed by atoms with Crippen molar-refractivity contribution in [2.75, 3.05) is 11.9 Å². The lowest BCUT2D eigenvalue weighted by atomic mass is 9.93. The first-order chi connectivity index (χ1) is 8.85. The monoisotopic (exact) mass is 263 g/mol. The number of nitrogens with two attached hydrogens (primary N) is 2. The summed E-state index contributed by atoms with van der Waals surface area (Å²) in [5.41, 5.74) is 13.6. The van der Waals surface area contributed by atoms with Crippen LogP contribution in [-0.4, -0.2) is 18.1 Å². The molecule has 0 fully saturated rings. The van der Waals surface area contributed by atoms with Gasteiger partial charge >= 0.3 is 0 Å². The maximum absolute atomic E-state index is 11.3. The van der Waals surface area contributed by atoms with Crippen LogP contribution in [-0.2, 0) is 4.79 Å².